The Hall–Kier alpha value is -1.49. The van der Waals surface area contributed by atoms with Gasteiger partial charge in [-0.1, -0.05) is 6.92 Å². The molecule has 0 bridgehead atoms. The monoisotopic (exact) mass is 286 g/mol. The van der Waals surface area contributed by atoms with Gasteiger partial charge >= 0.3 is 0 Å². The summed E-state index contributed by atoms with van der Waals surface area (Å²) in [5.74, 6) is -1.19. The Balaban J connectivity index is 3.04. The van der Waals surface area contributed by atoms with E-state index in [2.05, 4.69) is 0 Å². The van der Waals surface area contributed by atoms with Crippen molar-refractivity contribution in [1.29, 1.82) is 5.26 Å². The van der Waals surface area contributed by atoms with E-state index >= 15 is 0 Å². The first-order chi connectivity index (χ1) is 8.94. The van der Waals surface area contributed by atoms with Crippen molar-refractivity contribution >= 4 is 10.0 Å². The highest BCUT2D eigenvalue weighted by atomic mass is 32.2. The van der Waals surface area contributed by atoms with E-state index in [1.807, 2.05) is 6.07 Å². The number of rotatable bonds is 6. The van der Waals surface area contributed by atoms with Gasteiger partial charge in [0.1, 0.15) is 5.82 Å². The Morgan fingerprint density at radius 1 is 1.47 bits per heavy atom. The van der Waals surface area contributed by atoms with E-state index in [0.29, 0.717) is 0 Å². The average molecular weight is 286 g/mol. The molecule has 0 aliphatic carbocycles. The zero-order chi connectivity index (χ0) is 14.5. The summed E-state index contributed by atoms with van der Waals surface area (Å²) in [7, 11) is -3.71. The van der Waals surface area contributed by atoms with Crippen molar-refractivity contribution in [3.63, 3.8) is 0 Å². The minimum atomic E-state index is -3.71. The molecule has 7 heteroatoms. The quantitative estimate of drug-likeness (QED) is 0.840. The Morgan fingerprint density at radius 2 is 2.16 bits per heavy atom. The molecular weight excluding hydrogens is 271 g/mol. The molecule has 0 aromatic heterocycles. The van der Waals surface area contributed by atoms with Crippen LogP contribution in [-0.2, 0) is 15.8 Å². The SMILES string of the molecule is CCN(CCO)S(=O)(=O)Cc1cc(C#N)ccc1F. The second-order valence-corrected chi connectivity index (χ2v) is 5.86. The highest BCUT2D eigenvalue weighted by Gasteiger charge is 2.22. The number of halogens is 1. The molecular formula is C12H15FN2O3S. The second kappa shape index (κ2) is 6.61. The molecule has 0 fully saturated rings. The van der Waals surface area contributed by atoms with Crippen LogP contribution in [0.2, 0.25) is 0 Å². The number of hydrogen-bond donors (Lipinski definition) is 1. The summed E-state index contributed by atoms with van der Waals surface area (Å²) in [6.45, 7) is 1.50. The van der Waals surface area contributed by atoms with Gasteiger partial charge in [0.25, 0.3) is 0 Å². The topological polar surface area (TPSA) is 81.4 Å². The molecule has 5 nitrogen and oxygen atoms in total. The van der Waals surface area contributed by atoms with Gasteiger partial charge in [0.15, 0.2) is 0 Å². The van der Waals surface area contributed by atoms with Crippen molar-refractivity contribution in [3.8, 4) is 6.07 Å². The number of aliphatic hydroxyl groups excluding tert-OH is 1. The molecule has 0 radical (unpaired) electrons. The number of hydrogen-bond acceptors (Lipinski definition) is 4. The number of likely N-dealkylation sites (N-methyl/N-ethyl adjacent to an activating group) is 1. The smallest absolute Gasteiger partial charge is 0.218 e. The Morgan fingerprint density at radius 3 is 2.68 bits per heavy atom. The minimum Gasteiger partial charge on any atom is -0.395 e. The van der Waals surface area contributed by atoms with E-state index in [0.717, 1.165) is 10.4 Å². The zero-order valence-corrected chi connectivity index (χ0v) is 11.3. The van der Waals surface area contributed by atoms with Crippen molar-refractivity contribution in [2.75, 3.05) is 19.7 Å². The first kappa shape index (κ1) is 15.6. The standard InChI is InChI=1S/C12H15FN2O3S/c1-2-15(5-6-16)19(17,18)9-11-7-10(8-14)3-4-12(11)13/h3-4,7,16H,2,5-6,9H2,1H3. The summed E-state index contributed by atoms with van der Waals surface area (Å²) in [5, 5.41) is 17.5. The second-order valence-electron chi connectivity index (χ2n) is 3.89. The largest absolute Gasteiger partial charge is 0.395 e. The number of aliphatic hydroxyl groups is 1. The van der Waals surface area contributed by atoms with Gasteiger partial charge in [-0.3, -0.25) is 0 Å². The van der Waals surface area contributed by atoms with Gasteiger partial charge in [0, 0.05) is 18.7 Å². The number of benzene rings is 1. The lowest BCUT2D eigenvalue weighted by Gasteiger charge is -2.19. The van der Waals surface area contributed by atoms with E-state index in [4.69, 9.17) is 10.4 Å². The molecule has 0 saturated heterocycles. The van der Waals surface area contributed by atoms with Crippen LogP contribution in [0, 0.1) is 17.1 Å². The summed E-state index contributed by atoms with van der Waals surface area (Å²) in [6.07, 6.45) is 0. The average Bonchev–Trinajstić information content (AvgIpc) is 2.38. The molecule has 1 N–H and O–H groups in total. The molecule has 0 unspecified atom stereocenters. The Labute approximate surface area is 111 Å². The number of nitriles is 1. The third kappa shape index (κ3) is 3.99. The van der Waals surface area contributed by atoms with Gasteiger partial charge < -0.3 is 5.11 Å². The van der Waals surface area contributed by atoms with Crippen LogP contribution in [-0.4, -0.2) is 37.5 Å². The Bertz CT molecular complexity index is 581. The van der Waals surface area contributed by atoms with E-state index in [1.165, 1.54) is 12.1 Å². The molecule has 0 aliphatic rings. The molecule has 0 saturated carbocycles. The van der Waals surface area contributed by atoms with Crippen molar-refractivity contribution in [2.24, 2.45) is 0 Å². The van der Waals surface area contributed by atoms with Gasteiger partial charge in [-0.05, 0) is 18.2 Å². The molecule has 1 rings (SSSR count). The summed E-state index contributed by atoms with van der Waals surface area (Å²) < 4.78 is 38.7. The fourth-order valence-electron chi connectivity index (χ4n) is 1.65. The highest BCUT2D eigenvalue weighted by Crippen LogP contribution is 2.16. The fraction of sp³-hybridized carbons (Fsp3) is 0.417. The van der Waals surface area contributed by atoms with Crippen LogP contribution in [0.1, 0.15) is 18.1 Å². The van der Waals surface area contributed by atoms with Gasteiger partial charge in [0.05, 0.1) is 24.0 Å². The predicted molar refractivity (Wildman–Crippen MR) is 68.1 cm³/mol. The van der Waals surface area contributed by atoms with E-state index in [1.54, 1.807) is 6.92 Å². The normalized spacial score (nSPS) is 11.5. The van der Waals surface area contributed by atoms with Crippen molar-refractivity contribution < 1.29 is 17.9 Å². The number of nitrogens with zero attached hydrogens (tertiary/aromatic N) is 2. The lowest BCUT2D eigenvalue weighted by molar-refractivity contribution is 0.257. The molecule has 1 aromatic rings. The van der Waals surface area contributed by atoms with Crippen LogP contribution in [0.4, 0.5) is 4.39 Å². The van der Waals surface area contributed by atoms with Crippen LogP contribution in [0.25, 0.3) is 0 Å². The first-order valence-electron chi connectivity index (χ1n) is 5.71. The third-order valence-corrected chi connectivity index (χ3v) is 4.51. The molecule has 104 valence electrons. The molecule has 0 amide bonds. The maximum atomic E-state index is 13.5. The van der Waals surface area contributed by atoms with Gasteiger partial charge in [0.2, 0.25) is 10.0 Å². The summed E-state index contributed by atoms with van der Waals surface area (Å²) in [6, 6.07) is 5.42. The van der Waals surface area contributed by atoms with Gasteiger partial charge in [-0.25, -0.2) is 12.8 Å². The molecule has 0 spiro atoms. The maximum Gasteiger partial charge on any atom is 0.218 e. The van der Waals surface area contributed by atoms with Gasteiger partial charge in [-0.15, -0.1) is 0 Å². The van der Waals surface area contributed by atoms with Crippen LogP contribution < -0.4 is 0 Å². The van der Waals surface area contributed by atoms with Crippen LogP contribution in [0.15, 0.2) is 18.2 Å². The van der Waals surface area contributed by atoms with Crippen molar-refractivity contribution in [1.82, 2.24) is 4.31 Å². The lowest BCUT2D eigenvalue weighted by atomic mass is 10.1. The third-order valence-electron chi connectivity index (χ3n) is 2.61. The first-order valence-corrected chi connectivity index (χ1v) is 7.32. The molecule has 0 heterocycles. The molecule has 0 atom stereocenters. The fourth-order valence-corrected chi connectivity index (χ4v) is 3.20. The van der Waals surface area contributed by atoms with E-state index < -0.39 is 21.6 Å². The lowest BCUT2D eigenvalue weighted by Crippen LogP contribution is -2.34. The van der Waals surface area contributed by atoms with Crippen LogP contribution >= 0.6 is 0 Å². The van der Waals surface area contributed by atoms with Crippen LogP contribution in [0.5, 0.6) is 0 Å². The van der Waals surface area contributed by atoms with E-state index in [-0.39, 0.29) is 30.8 Å². The summed E-state index contributed by atoms with van der Waals surface area (Å²) >= 11 is 0. The maximum absolute atomic E-state index is 13.5. The highest BCUT2D eigenvalue weighted by molar-refractivity contribution is 7.88. The summed E-state index contributed by atoms with van der Waals surface area (Å²) in [4.78, 5) is 0. The molecule has 1 aromatic carbocycles. The van der Waals surface area contributed by atoms with Crippen molar-refractivity contribution in [2.45, 2.75) is 12.7 Å². The zero-order valence-electron chi connectivity index (χ0n) is 10.5. The van der Waals surface area contributed by atoms with E-state index in [9.17, 15) is 12.8 Å². The molecule has 0 aliphatic heterocycles. The molecule has 19 heavy (non-hydrogen) atoms. The Kier molecular flexibility index (Phi) is 5.42. The van der Waals surface area contributed by atoms with Crippen LogP contribution in [0.3, 0.4) is 0 Å². The summed E-state index contributed by atoms with van der Waals surface area (Å²) in [5.41, 5.74) is 0.159. The van der Waals surface area contributed by atoms with Gasteiger partial charge in [-0.2, -0.15) is 9.57 Å². The number of sulfonamides is 1. The minimum absolute atomic E-state index is 0.0294. The predicted octanol–water partition coefficient (Wildman–Crippen LogP) is 0.841. The van der Waals surface area contributed by atoms with Crippen molar-refractivity contribution in [3.05, 3.63) is 35.1 Å².